The van der Waals surface area contributed by atoms with Crippen molar-refractivity contribution in [2.24, 2.45) is 0 Å². The first-order valence-corrected chi connectivity index (χ1v) is 8.76. The number of aromatic nitrogens is 4. The van der Waals surface area contributed by atoms with Crippen LogP contribution in [0.25, 0.3) is 11.2 Å². The molecule has 0 spiro atoms. The fourth-order valence-corrected chi connectivity index (χ4v) is 2.50. The number of alkyl halides is 1. The minimum absolute atomic E-state index is 0.00367. The number of benzene rings is 1. The Hall–Kier alpha value is -4.29. The van der Waals surface area contributed by atoms with Gasteiger partial charge in [-0.15, -0.1) is 0 Å². The molecule has 0 unspecified atom stereocenters. The molecule has 2 aromatic heterocycles. The number of carbonyl (C=O) groups excluding carboxylic acids is 2. The van der Waals surface area contributed by atoms with Gasteiger partial charge in [0.15, 0.2) is 23.6 Å². The van der Waals surface area contributed by atoms with E-state index in [-0.39, 0.29) is 35.3 Å². The lowest BCUT2D eigenvalue weighted by molar-refractivity contribution is -0.142. The van der Waals surface area contributed by atoms with Gasteiger partial charge in [-0.2, -0.15) is 9.97 Å². The number of nitrogens with one attached hydrogen (secondary N) is 1. The number of hydrogen-bond donors (Lipinski definition) is 3. The minimum Gasteiger partial charge on any atom is -0.481 e. The maximum absolute atomic E-state index is 12.4. The molecule has 1 aromatic carbocycles. The molecular weight excluding hydrogens is 413 g/mol. The number of halogens is 1. The molecule has 3 aromatic rings. The average molecular weight is 431 g/mol. The highest BCUT2D eigenvalue weighted by Gasteiger charge is 2.16. The summed E-state index contributed by atoms with van der Waals surface area (Å²) in [5.74, 6) is -1.49. The summed E-state index contributed by atoms with van der Waals surface area (Å²) in [5.41, 5.74) is 12.9. The quantitative estimate of drug-likeness (QED) is 0.429. The summed E-state index contributed by atoms with van der Waals surface area (Å²) >= 11 is 0. The van der Waals surface area contributed by atoms with Gasteiger partial charge in [-0.1, -0.05) is 0 Å². The van der Waals surface area contributed by atoms with Gasteiger partial charge in [-0.05, 0) is 12.1 Å². The predicted molar refractivity (Wildman–Crippen MR) is 107 cm³/mol. The molecule has 13 heteroatoms. The van der Waals surface area contributed by atoms with Crippen molar-refractivity contribution in [3.63, 3.8) is 0 Å². The molecule has 162 valence electrons. The molecule has 0 aliphatic carbocycles. The Balaban J connectivity index is 1.79. The maximum Gasteiger partial charge on any atom is 0.344 e. The molecule has 0 saturated carbocycles. The number of fused-ring (bicyclic) bond motifs is 1. The first-order chi connectivity index (χ1) is 14.9. The zero-order chi connectivity index (χ0) is 22.4. The van der Waals surface area contributed by atoms with E-state index in [0.717, 1.165) is 0 Å². The lowest BCUT2D eigenvalue weighted by Crippen LogP contribution is -2.15. The smallest absolute Gasteiger partial charge is 0.344 e. The summed E-state index contributed by atoms with van der Waals surface area (Å²) in [4.78, 5) is 39.6. The minimum atomic E-state index is -1.30. The van der Waals surface area contributed by atoms with Crippen LogP contribution in [-0.4, -0.2) is 52.5 Å². The normalized spacial score (nSPS) is 10.5. The van der Waals surface area contributed by atoms with Gasteiger partial charge in [0.05, 0.1) is 25.5 Å². The van der Waals surface area contributed by atoms with E-state index in [0.29, 0.717) is 16.9 Å². The molecule has 0 radical (unpaired) electrons. The number of methoxy groups -OCH3 is 1. The summed E-state index contributed by atoms with van der Waals surface area (Å²) in [6, 6.07) is 4.37. The first-order valence-electron chi connectivity index (χ1n) is 8.76. The largest absolute Gasteiger partial charge is 0.481 e. The Labute approximate surface area is 174 Å². The first kappa shape index (κ1) is 21.4. The molecule has 12 nitrogen and oxygen atoms in total. The van der Waals surface area contributed by atoms with Crippen LogP contribution in [0.3, 0.4) is 0 Å². The molecule has 2 heterocycles. The monoisotopic (exact) mass is 431 g/mol. The van der Waals surface area contributed by atoms with Crippen molar-refractivity contribution in [3.8, 4) is 5.75 Å². The average Bonchev–Trinajstić information content (AvgIpc) is 2.76. The Morgan fingerprint density at radius 1 is 1.19 bits per heavy atom. The topological polar surface area (TPSA) is 177 Å². The predicted octanol–water partition coefficient (Wildman–Crippen LogP) is 0.832. The number of hydrogen-bond acceptors (Lipinski definition) is 12. The SMILES string of the molecule is COC(=O)COc1cc(NCc2cnc3nc(N)nc(N)c3n2)ccc1C(=O)OCF. The second-order valence-corrected chi connectivity index (χ2v) is 5.97. The second kappa shape index (κ2) is 9.47. The van der Waals surface area contributed by atoms with Crippen LogP contribution in [0.4, 0.5) is 21.8 Å². The van der Waals surface area contributed by atoms with E-state index in [4.69, 9.17) is 16.2 Å². The van der Waals surface area contributed by atoms with Crippen molar-refractivity contribution in [3.05, 3.63) is 35.7 Å². The van der Waals surface area contributed by atoms with E-state index in [1.807, 2.05) is 0 Å². The summed E-state index contributed by atoms with van der Waals surface area (Å²) in [5, 5.41) is 3.07. The number of ether oxygens (including phenoxy) is 3. The van der Waals surface area contributed by atoms with Gasteiger partial charge in [0.1, 0.15) is 11.3 Å². The third-order valence-corrected chi connectivity index (χ3v) is 3.94. The fraction of sp³-hybridized carbons (Fsp3) is 0.222. The van der Waals surface area contributed by atoms with Gasteiger partial charge in [0.2, 0.25) is 12.8 Å². The van der Waals surface area contributed by atoms with Gasteiger partial charge in [0, 0.05) is 11.8 Å². The molecule has 31 heavy (non-hydrogen) atoms. The van der Waals surface area contributed by atoms with Crippen molar-refractivity contribution in [2.75, 3.05) is 37.4 Å². The Bertz CT molecular complexity index is 1130. The van der Waals surface area contributed by atoms with Crippen LogP contribution in [0.1, 0.15) is 16.1 Å². The number of anilines is 3. The van der Waals surface area contributed by atoms with Crippen molar-refractivity contribution < 1.29 is 28.2 Å². The van der Waals surface area contributed by atoms with E-state index >= 15 is 0 Å². The van der Waals surface area contributed by atoms with Crippen molar-refractivity contribution in [2.45, 2.75) is 6.54 Å². The molecule has 0 saturated heterocycles. The third-order valence-electron chi connectivity index (χ3n) is 3.94. The van der Waals surface area contributed by atoms with Gasteiger partial charge in [-0.25, -0.2) is 23.9 Å². The van der Waals surface area contributed by atoms with Crippen molar-refractivity contribution in [1.82, 2.24) is 19.9 Å². The third kappa shape index (κ3) is 5.20. The summed E-state index contributed by atoms with van der Waals surface area (Å²) < 4.78 is 26.6. The van der Waals surface area contributed by atoms with Crippen LogP contribution < -0.4 is 21.5 Å². The molecular formula is C18H18FN7O5. The number of rotatable bonds is 8. The van der Waals surface area contributed by atoms with Gasteiger partial charge < -0.3 is 31.0 Å². The fourth-order valence-electron chi connectivity index (χ4n) is 2.50. The lowest BCUT2D eigenvalue weighted by Gasteiger charge is -2.13. The Morgan fingerprint density at radius 2 is 2.00 bits per heavy atom. The summed E-state index contributed by atoms with van der Waals surface area (Å²) in [6.07, 6.45) is 1.49. The zero-order valence-corrected chi connectivity index (χ0v) is 16.3. The summed E-state index contributed by atoms with van der Waals surface area (Å²) in [6.45, 7) is -1.53. The number of nitrogens with zero attached hydrogens (tertiary/aromatic N) is 4. The number of nitrogens with two attached hydrogens (primary N) is 2. The molecule has 0 aliphatic rings. The maximum atomic E-state index is 12.4. The van der Waals surface area contributed by atoms with E-state index in [1.54, 1.807) is 6.07 Å². The van der Waals surface area contributed by atoms with Crippen LogP contribution in [0, 0.1) is 0 Å². The van der Waals surface area contributed by atoms with Crippen molar-refractivity contribution in [1.29, 1.82) is 0 Å². The van der Waals surface area contributed by atoms with Crippen LogP contribution >= 0.6 is 0 Å². The lowest BCUT2D eigenvalue weighted by atomic mass is 10.1. The second-order valence-electron chi connectivity index (χ2n) is 5.97. The molecule has 3 rings (SSSR count). The van der Waals surface area contributed by atoms with Crippen LogP contribution in [0.5, 0.6) is 5.75 Å². The highest BCUT2D eigenvalue weighted by Crippen LogP contribution is 2.25. The van der Waals surface area contributed by atoms with Gasteiger partial charge in [0.25, 0.3) is 0 Å². The highest BCUT2D eigenvalue weighted by atomic mass is 19.1. The number of esters is 2. The van der Waals surface area contributed by atoms with Crippen LogP contribution in [-0.2, 0) is 20.8 Å². The van der Waals surface area contributed by atoms with Gasteiger partial charge in [-0.3, -0.25) is 0 Å². The molecule has 0 bridgehead atoms. The standard InChI is InChI=1S/C18H18FN7O5/c1-29-13(27)7-30-12-4-9(2-3-11(12)17(28)31-8-19)22-5-10-6-23-16-14(24-10)15(20)25-18(21)26-16/h2-4,6,22H,5,7-8H2,1H3,(H4,20,21,23,25,26). The molecule has 0 aliphatic heterocycles. The zero-order valence-electron chi connectivity index (χ0n) is 16.3. The van der Waals surface area contributed by atoms with E-state index in [9.17, 15) is 14.0 Å². The highest BCUT2D eigenvalue weighted by molar-refractivity contribution is 5.93. The molecule has 0 atom stereocenters. The molecule has 0 amide bonds. The van der Waals surface area contributed by atoms with Crippen LogP contribution in [0.2, 0.25) is 0 Å². The molecule has 0 fully saturated rings. The van der Waals surface area contributed by atoms with E-state index in [1.165, 1.54) is 25.4 Å². The van der Waals surface area contributed by atoms with E-state index in [2.05, 4.69) is 34.7 Å². The van der Waals surface area contributed by atoms with Gasteiger partial charge >= 0.3 is 11.9 Å². The van der Waals surface area contributed by atoms with E-state index < -0.39 is 25.4 Å². The molecule has 5 N–H and O–H groups in total. The van der Waals surface area contributed by atoms with Crippen molar-refractivity contribution >= 4 is 40.6 Å². The summed E-state index contributed by atoms with van der Waals surface area (Å²) in [7, 11) is 1.19. The Kier molecular flexibility index (Phi) is 6.54. The Morgan fingerprint density at radius 3 is 2.74 bits per heavy atom. The van der Waals surface area contributed by atoms with Crippen LogP contribution in [0.15, 0.2) is 24.4 Å². The number of nitrogen functional groups attached to an aromatic ring is 2. The number of carbonyl (C=O) groups is 2.